The van der Waals surface area contributed by atoms with Crippen LogP contribution in [0.2, 0.25) is 0 Å². The lowest BCUT2D eigenvalue weighted by molar-refractivity contribution is -0.133. The van der Waals surface area contributed by atoms with Gasteiger partial charge in [0.05, 0.1) is 18.8 Å². The summed E-state index contributed by atoms with van der Waals surface area (Å²) in [5, 5.41) is 7.29. The Labute approximate surface area is 146 Å². The minimum atomic E-state index is -0.179. The SMILES string of the molecule is O=C(NCc1ccccc1)c1cc2n(n1)CCN(C(=O)CC1CC1)C2. The number of amides is 2. The molecule has 0 saturated heterocycles. The van der Waals surface area contributed by atoms with Gasteiger partial charge in [0, 0.05) is 19.5 Å². The van der Waals surface area contributed by atoms with Crippen molar-refractivity contribution in [3.8, 4) is 0 Å². The van der Waals surface area contributed by atoms with Crippen molar-refractivity contribution in [3.05, 3.63) is 53.3 Å². The second kappa shape index (κ2) is 6.70. The number of carbonyl (C=O) groups excluding carboxylic acids is 2. The van der Waals surface area contributed by atoms with E-state index in [4.69, 9.17) is 0 Å². The Morgan fingerprint density at radius 3 is 2.72 bits per heavy atom. The highest BCUT2D eigenvalue weighted by Gasteiger charge is 2.29. The first-order chi connectivity index (χ1) is 12.2. The van der Waals surface area contributed by atoms with E-state index in [0.717, 1.165) is 11.3 Å². The monoisotopic (exact) mass is 338 g/mol. The van der Waals surface area contributed by atoms with Crippen LogP contribution in [0.25, 0.3) is 0 Å². The molecule has 1 saturated carbocycles. The van der Waals surface area contributed by atoms with Gasteiger partial charge in [-0.1, -0.05) is 30.3 Å². The summed E-state index contributed by atoms with van der Waals surface area (Å²) >= 11 is 0. The van der Waals surface area contributed by atoms with Crippen LogP contribution in [-0.4, -0.2) is 33.0 Å². The number of hydrogen-bond donors (Lipinski definition) is 1. The average molecular weight is 338 g/mol. The maximum atomic E-state index is 12.3. The number of hydrogen-bond acceptors (Lipinski definition) is 3. The molecule has 2 aliphatic rings. The van der Waals surface area contributed by atoms with Crippen molar-refractivity contribution in [3.63, 3.8) is 0 Å². The minimum absolute atomic E-state index is 0.179. The molecular formula is C19H22N4O2. The Bertz CT molecular complexity index is 780. The summed E-state index contributed by atoms with van der Waals surface area (Å²) in [5.41, 5.74) is 2.40. The molecule has 1 aromatic carbocycles. The van der Waals surface area contributed by atoms with E-state index < -0.39 is 0 Å². The molecule has 25 heavy (non-hydrogen) atoms. The largest absolute Gasteiger partial charge is 0.347 e. The lowest BCUT2D eigenvalue weighted by atomic mass is 10.2. The van der Waals surface area contributed by atoms with Crippen LogP contribution in [0.5, 0.6) is 0 Å². The molecule has 2 heterocycles. The summed E-state index contributed by atoms with van der Waals surface area (Å²) in [6.45, 7) is 2.35. The number of nitrogens with one attached hydrogen (secondary N) is 1. The third-order valence-electron chi connectivity index (χ3n) is 4.84. The Balaban J connectivity index is 1.37. The second-order valence-corrected chi connectivity index (χ2v) is 6.88. The van der Waals surface area contributed by atoms with E-state index in [1.54, 1.807) is 6.07 Å². The van der Waals surface area contributed by atoms with Gasteiger partial charge < -0.3 is 10.2 Å². The van der Waals surface area contributed by atoms with Gasteiger partial charge in [-0.25, -0.2) is 0 Å². The van der Waals surface area contributed by atoms with Gasteiger partial charge in [-0.3, -0.25) is 14.3 Å². The maximum absolute atomic E-state index is 12.3. The molecule has 1 fully saturated rings. The van der Waals surface area contributed by atoms with E-state index in [1.807, 2.05) is 39.9 Å². The van der Waals surface area contributed by atoms with Crippen LogP contribution < -0.4 is 5.32 Å². The van der Waals surface area contributed by atoms with Crippen LogP contribution >= 0.6 is 0 Å². The zero-order valence-electron chi connectivity index (χ0n) is 14.1. The fraction of sp³-hybridized carbons (Fsp3) is 0.421. The van der Waals surface area contributed by atoms with Crippen LogP contribution in [0.3, 0.4) is 0 Å². The molecule has 0 radical (unpaired) electrons. The Morgan fingerprint density at radius 2 is 1.96 bits per heavy atom. The van der Waals surface area contributed by atoms with Crippen molar-refractivity contribution in [2.24, 2.45) is 5.92 Å². The summed E-state index contributed by atoms with van der Waals surface area (Å²) in [6.07, 6.45) is 3.03. The molecule has 0 spiro atoms. The molecule has 1 aliphatic carbocycles. The average Bonchev–Trinajstić information content (AvgIpc) is 3.34. The molecule has 130 valence electrons. The number of aromatic nitrogens is 2. The van der Waals surface area contributed by atoms with Gasteiger partial charge in [0.15, 0.2) is 5.69 Å². The molecule has 0 unspecified atom stereocenters. The van der Waals surface area contributed by atoms with Gasteiger partial charge >= 0.3 is 0 Å². The quantitative estimate of drug-likeness (QED) is 0.906. The van der Waals surface area contributed by atoms with Gasteiger partial charge in [-0.15, -0.1) is 0 Å². The first-order valence-corrected chi connectivity index (χ1v) is 8.85. The lowest BCUT2D eigenvalue weighted by Crippen LogP contribution is -2.38. The van der Waals surface area contributed by atoms with Crippen LogP contribution in [0.15, 0.2) is 36.4 Å². The van der Waals surface area contributed by atoms with Crippen molar-refractivity contribution in [2.75, 3.05) is 6.54 Å². The number of carbonyl (C=O) groups is 2. The first-order valence-electron chi connectivity index (χ1n) is 8.85. The highest BCUT2D eigenvalue weighted by molar-refractivity contribution is 5.92. The van der Waals surface area contributed by atoms with Crippen LogP contribution in [-0.2, 0) is 24.4 Å². The standard InChI is InChI=1S/C19H22N4O2/c24-18(10-14-6-7-14)22-8-9-23-16(13-22)11-17(21-23)19(25)20-12-15-4-2-1-3-5-15/h1-5,11,14H,6-10,12-13H2,(H,20,25). The van der Waals surface area contributed by atoms with Crippen LogP contribution in [0.1, 0.15) is 41.0 Å². The molecule has 1 aliphatic heterocycles. The second-order valence-electron chi connectivity index (χ2n) is 6.88. The fourth-order valence-corrected chi connectivity index (χ4v) is 3.16. The summed E-state index contributed by atoms with van der Waals surface area (Å²) < 4.78 is 1.85. The smallest absolute Gasteiger partial charge is 0.272 e. The first kappa shape index (κ1) is 15.9. The predicted octanol–water partition coefficient (Wildman–Crippen LogP) is 1.96. The summed E-state index contributed by atoms with van der Waals surface area (Å²) in [5.74, 6) is 0.644. The van der Waals surface area contributed by atoms with Crippen LogP contribution in [0, 0.1) is 5.92 Å². The third kappa shape index (κ3) is 3.73. The van der Waals surface area contributed by atoms with Crippen molar-refractivity contribution >= 4 is 11.8 Å². The summed E-state index contributed by atoms with van der Waals surface area (Å²) in [6, 6.07) is 11.6. The van der Waals surface area contributed by atoms with Crippen molar-refractivity contribution in [1.82, 2.24) is 20.0 Å². The molecule has 6 heteroatoms. The third-order valence-corrected chi connectivity index (χ3v) is 4.84. The highest BCUT2D eigenvalue weighted by Crippen LogP contribution is 2.33. The van der Waals surface area contributed by atoms with Crippen LogP contribution in [0.4, 0.5) is 0 Å². The molecule has 2 amide bonds. The topological polar surface area (TPSA) is 67.2 Å². The predicted molar refractivity (Wildman–Crippen MR) is 92.6 cm³/mol. The van der Waals surface area contributed by atoms with Gasteiger partial charge in [0.1, 0.15) is 0 Å². The number of rotatable bonds is 5. The van der Waals surface area contributed by atoms with Crippen molar-refractivity contribution in [1.29, 1.82) is 0 Å². The molecular weight excluding hydrogens is 316 g/mol. The Hall–Kier alpha value is -2.63. The van der Waals surface area contributed by atoms with E-state index in [0.29, 0.717) is 44.2 Å². The lowest BCUT2D eigenvalue weighted by Gasteiger charge is -2.27. The zero-order valence-corrected chi connectivity index (χ0v) is 14.1. The van der Waals surface area contributed by atoms with E-state index in [1.165, 1.54) is 12.8 Å². The van der Waals surface area contributed by atoms with Gasteiger partial charge in [0.2, 0.25) is 5.91 Å². The molecule has 2 aromatic rings. The number of nitrogens with zero attached hydrogens (tertiary/aromatic N) is 3. The van der Waals surface area contributed by atoms with Crippen molar-refractivity contribution < 1.29 is 9.59 Å². The zero-order chi connectivity index (χ0) is 17.2. The minimum Gasteiger partial charge on any atom is -0.347 e. The van der Waals surface area contributed by atoms with Gasteiger partial charge in [-0.05, 0) is 30.4 Å². The Kier molecular flexibility index (Phi) is 4.26. The molecule has 1 aromatic heterocycles. The maximum Gasteiger partial charge on any atom is 0.272 e. The fourth-order valence-electron chi connectivity index (χ4n) is 3.16. The van der Waals surface area contributed by atoms with Gasteiger partial charge in [-0.2, -0.15) is 5.10 Å². The highest BCUT2D eigenvalue weighted by atomic mass is 16.2. The van der Waals surface area contributed by atoms with Crippen molar-refractivity contribution in [2.45, 2.75) is 38.9 Å². The molecule has 4 rings (SSSR count). The molecule has 0 bridgehead atoms. The van der Waals surface area contributed by atoms with E-state index in [9.17, 15) is 9.59 Å². The summed E-state index contributed by atoms with van der Waals surface area (Å²) in [7, 11) is 0. The Morgan fingerprint density at radius 1 is 1.16 bits per heavy atom. The normalized spacial score (nSPS) is 16.4. The van der Waals surface area contributed by atoms with Gasteiger partial charge in [0.25, 0.3) is 5.91 Å². The number of benzene rings is 1. The molecule has 6 nitrogen and oxygen atoms in total. The van der Waals surface area contributed by atoms with E-state index in [-0.39, 0.29) is 11.8 Å². The van der Waals surface area contributed by atoms with E-state index >= 15 is 0 Å². The summed E-state index contributed by atoms with van der Waals surface area (Å²) in [4.78, 5) is 26.5. The molecule has 0 atom stereocenters. The molecule has 1 N–H and O–H groups in total. The number of fused-ring (bicyclic) bond motifs is 1. The van der Waals surface area contributed by atoms with E-state index in [2.05, 4.69) is 10.4 Å².